The molecule has 2 heteroatoms. The lowest BCUT2D eigenvalue weighted by atomic mass is 10.1. The molecule has 0 unspecified atom stereocenters. The Morgan fingerprint density at radius 1 is 1.36 bits per heavy atom. The fourth-order valence-electron chi connectivity index (χ4n) is 1.48. The highest BCUT2D eigenvalue weighted by atomic mass is 32.2. The molecule has 0 saturated heterocycles. The highest BCUT2D eigenvalue weighted by molar-refractivity contribution is 8.00. The summed E-state index contributed by atoms with van der Waals surface area (Å²) in [7, 11) is 0. The zero-order chi connectivity index (χ0) is 10.2. The van der Waals surface area contributed by atoms with Gasteiger partial charge in [-0.3, -0.25) is 4.99 Å². The first-order valence-electron chi connectivity index (χ1n) is 4.47. The van der Waals surface area contributed by atoms with Crippen molar-refractivity contribution < 1.29 is 0 Å². The number of hydrogen-bond donors (Lipinski definition) is 0. The van der Waals surface area contributed by atoms with Crippen molar-refractivity contribution in [3.05, 3.63) is 29.8 Å². The first-order valence-corrected chi connectivity index (χ1v) is 5.29. The second-order valence-electron chi connectivity index (χ2n) is 3.65. The van der Waals surface area contributed by atoms with Crippen LogP contribution in [0.4, 0.5) is 0 Å². The molecule has 0 amide bonds. The average molecular weight is 201 g/mol. The van der Waals surface area contributed by atoms with Crippen LogP contribution in [0.5, 0.6) is 0 Å². The number of terminal acetylenes is 1. The summed E-state index contributed by atoms with van der Waals surface area (Å²) in [5, 5.41) is 0. The maximum atomic E-state index is 5.45. The number of hydrogen-bond acceptors (Lipinski definition) is 2. The molecule has 0 radical (unpaired) electrons. The lowest BCUT2D eigenvalue weighted by Crippen LogP contribution is -2.20. The summed E-state index contributed by atoms with van der Waals surface area (Å²) in [5.41, 5.74) is 1.85. The minimum atomic E-state index is -0.143. The Morgan fingerprint density at radius 3 is 2.79 bits per heavy atom. The van der Waals surface area contributed by atoms with Gasteiger partial charge >= 0.3 is 0 Å². The molecule has 0 aliphatic carbocycles. The van der Waals surface area contributed by atoms with Gasteiger partial charge in [0, 0.05) is 10.5 Å². The molecular weight excluding hydrogens is 190 g/mol. The Bertz CT molecular complexity index is 438. The van der Waals surface area contributed by atoms with Gasteiger partial charge in [-0.25, -0.2) is 0 Å². The Kier molecular flexibility index (Phi) is 2.13. The van der Waals surface area contributed by atoms with E-state index in [0.29, 0.717) is 0 Å². The van der Waals surface area contributed by atoms with E-state index in [9.17, 15) is 0 Å². The molecule has 70 valence electrons. The minimum absolute atomic E-state index is 0.143. The van der Waals surface area contributed by atoms with Crippen LogP contribution in [0.15, 0.2) is 34.2 Å². The van der Waals surface area contributed by atoms with E-state index in [0.717, 1.165) is 11.3 Å². The lowest BCUT2D eigenvalue weighted by molar-refractivity contribution is 0.757. The van der Waals surface area contributed by atoms with E-state index >= 15 is 0 Å². The third kappa shape index (κ3) is 1.56. The normalized spacial score (nSPS) is 17.9. The third-order valence-electron chi connectivity index (χ3n) is 2.02. The molecule has 2 rings (SSSR count). The van der Waals surface area contributed by atoms with Crippen molar-refractivity contribution in [3.63, 3.8) is 0 Å². The first kappa shape index (κ1) is 9.36. The second-order valence-corrected chi connectivity index (χ2v) is 5.29. The van der Waals surface area contributed by atoms with Gasteiger partial charge in [0.2, 0.25) is 0 Å². The predicted octanol–water partition coefficient (Wildman–Crippen LogP) is 2.95. The molecule has 1 aliphatic heterocycles. The zero-order valence-corrected chi connectivity index (χ0v) is 9.06. The molecule has 14 heavy (non-hydrogen) atoms. The summed E-state index contributed by atoms with van der Waals surface area (Å²) in [6.45, 7) is 4.15. The van der Waals surface area contributed by atoms with Gasteiger partial charge in [0.25, 0.3) is 0 Å². The van der Waals surface area contributed by atoms with Gasteiger partial charge in [-0.1, -0.05) is 30.0 Å². The van der Waals surface area contributed by atoms with Crippen LogP contribution in [0, 0.1) is 12.3 Å². The van der Waals surface area contributed by atoms with Gasteiger partial charge in [0.05, 0.1) is 0 Å². The van der Waals surface area contributed by atoms with Gasteiger partial charge < -0.3 is 0 Å². The van der Waals surface area contributed by atoms with Crippen LogP contribution in [-0.2, 0) is 0 Å². The number of rotatable bonds is 0. The topological polar surface area (TPSA) is 12.4 Å². The molecule has 1 aromatic rings. The summed E-state index contributed by atoms with van der Waals surface area (Å²) in [5.74, 6) is 2.65. The molecule has 0 aromatic heterocycles. The zero-order valence-electron chi connectivity index (χ0n) is 8.24. The highest BCUT2D eigenvalue weighted by Gasteiger charge is 2.26. The van der Waals surface area contributed by atoms with Crippen molar-refractivity contribution in [3.8, 4) is 12.3 Å². The lowest BCUT2D eigenvalue weighted by Gasteiger charge is -2.26. The summed E-state index contributed by atoms with van der Waals surface area (Å²) in [6, 6.07) is 8.13. The number of benzene rings is 1. The average Bonchev–Trinajstić information content (AvgIpc) is 2.15. The minimum Gasteiger partial charge on any atom is -0.258 e. The Morgan fingerprint density at radius 2 is 2.07 bits per heavy atom. The highest BCUT2D eigenvalue weighted by Crippen LogP contribution is 2.39. The van der Waals surface area contributed by atoms with Crippen LogP contribution in [-0.4, -0.2) is 10.6 Å². The number of nitrogens with zero attached hydrogens (tertiary/aromatic N) is 1. The summed E-state index contributed by atoms with van der Waals surface area (Å²) >= 11 is 1.75. The number of fused-ring (bicyclic) bond motifs is 1. The molecule has 0 atom stereocenters. The van der Waals surface area contributed by atoms with Gasteiger partial charge in [-0.05, 0) is 25.8 Å². The van der Waals surface area contributed by atoms with E-state index in [1.807, 2.05) is 18.2 Å². The number of thioether (sulfide) groups is 1. The van der Waals surface area contributed by atoms with E-state index in [1.165, 1.54) is 4.90 Å². The van der Waals surface area contributed by atoms with E-state index in [-0.39, 0.29) is 4.87 Å². The van der Waals surface area contributed by atoms with Crippen LogP contribution in [0.3, 0.4) is 0 Å². The van der Waals surface area contributed by atoms with Crippen molar-refractivity contribution in [1.29, 1.82) is 0 Å². The molecule has 0 spiro atoms. The van der Waals surface area contributed by atoms with Crippen molar-refractivity contribution in [1.82, 2.24) is 0 Å². The Hall–Kier alpha value is -1.20. The van der Waals surface area contributed by atoms with E-state index in [1.54, 1.807) is 11.8 Å². The molecule has 1 nitrogen and oxygen atoms in total. The molecule has 1 heterocycles. The molecule has 1 aliphatic rings. The fourth-order valence-corrected chi connectivity index (χ4v) is 2.58. The predicted molar refractivity (Wildman–Crippen MR) is 61.7 cm³/mol. The smallest absolute Gasteiger partial charge is 0.117 e. The quantitative estimate of drug-likeness (QED) is 0.588. The Balaban J connectivity index is 2.60. The van der Waals surface area contributed by atoms with Crippen LogP contribution in [0.25, 0.3) is 0 Å². The van der Waals surface area contributed by atoms with E-state index < -0.39 is 0 Å². The fraction of sp³-hybridized carbons (Fsp3) is 0.250. The maximum absolute atomic E-state index is 5.45. The first-order chi connectivity index (χ1) is 6.62. The number of aliphatic imine (C=N–C) groups is 1. The molecule has 0 bridgehead atoms. The third-order valence-corrected chi connectivity index (χ3v) is 3.19. The van der Waals surface area contributed by atoms with Crippen molar-refractivity contribution in [2.24, 2.45) is 4.99 Å². The standard InChI is InChI=1S/C12H11NS/c1-4-10-9-7-5-6-8-11(9)14-12(2,3)13-10/h1,5-8H,2-3H3. The summed E-state index contributed by atoms with van der Waals surface area (Å²) in [4.78, 5) is 5.60. The molecule has 1 aromatic carbocycles. The van der Waals surface area contributed by atoms with Crippen molar-refractivity contribution in [2.75, 3.05) is 0 Å². The van der Waals surface area contributed by atoms with Crippen LogP contribution in [0.1, 0.15) is 19.4 Å². The summed E-state index contributed by atoms with van der Waals surface area (Å²) in [6.07, 6.45) is 5.45. The SMILES string of the molecule is C#CC1=NC(C)(C)Sc2ccccc21. The van der Waals surface area contributed by atoms with Gasteiger partial charge in [-0.2, -0.15) is 0 Å². The maximum Gasteiger partial charge on any atom is 0.117 e. The molecule has 0 fully saturated rings. The molecule has 0 N–H and O–H groups in total. The van der Waals surface area contributed by atoms with E-state index in [2.05, 4.69) is 30.8 Å². The van der Waals surface area contributed by atoms with Crippen LogP contribution in [0.2, 0.25) is 0 Å². The molecule has 0 saturated carbocycles. The van der Waals surface area contributed by atoms with Crippen molar-refractivity contribution in [2.45, 2.75) is 23.6 Å². The summed E-state index contributed by atoms with van der Waals surface area (Å²) < 4.78 is 0. The van der Waals surface area contributed by atoms with Gasteiger partial charge in [0.1, 0.15) is 10.6 Å². The van der Waals surface area contributed by atoms with Crippen molar-refractivity contribution >= 4 is 17.5 Å². The monoisotopic (exact) mass is 201 g/mol. The van der Waals surface area contributed by atoms with Crippen LogP contribution >= 0.6 is 11.8 Å². The Labute approximate surface area is 88.6 Å². The second kappa shape index (κ2) is 3.18. The van der Waals surface area contributed by atoms with Gasteiger partial charge in [0.15, 0.2) is 0 Å². The van der Waals surface area contributed by atoms with Crippen LogP contribution < -0.4 is 0 Å². The largest absolute Gasteiger partial charge is 0.258 e. The molecular formula is C12H11NS. The van der Waals surface area contributed by atoms with Gasteiger partial charge in [-0.15, -0.1) is 6.42 Å². The van der Waals surface area contributed by atoms with E-state index in [4.69, 9.17) is 6.42 Å².